The van der Waals surface area contributed by atoms with Gasteiger partial charge in [0.1, 0.15) is 5.69 Å². The molecule has 0 bridgehead atoms. The first-order chi connectivity index (χ1) is 11.5. The summed E-state index contributed by atoms with van der Waals surface area (Å²) in [4.78, 5) is 23.8. The molecule has 0 unspecified atom stereocenters. The first kappa shape index (κ1) is 15.7. The first-order valence-corrected chi connectivity index (χ1v) is 7.05. The molecule has 0 saturated heterocycles. The summed E-state index contributed by atoms with van der Waals surface area (Å²) in [6.07, 6.45) is 0. The number of hydrogen-bond acceptors (Lipinski definition) is 5. The zero-order chi connectivity index (χ0) is 17.3. The number of nitrogens with zero attached hydrogens (tertiary/aromatic N) is 2. The van der Waals surface area contributed by atoms with Crippen molar-refractivity contribution >= 4 is 16.7 Å². The number of aromatic carboxylic acids is 1. The van der Waals surface area contributed by atoms with Crippen molar-refractivity contribution in [2.75, 3.05) is 7.11 Å². The van der Waals surface area contributed by atoms with E-state index in [2.05, 4.69) is 5.10 Å². The fourth-order valence-corrected chi connectivity index (χ4v) is 2.47. The molecule has 0 amide bonds. The van der Waals surface area contributed by atoms with Crippen LogP contribution in [0.15, 0.2) is 47.3 Å². The van der Waals surface area contributed by atoms with E-state index in [-0.39, 0.29) is 28.8 Å². The van der Waals surface area contributed by atoms with Crippen LogP contribution in [0.4, 0.5) is 4.39 Å². The fraction of sp³-hybridized carbons (Fsp3) is 0.118. The van der Waals surface area contributed by atoms with Gasteiger partial charge in [-0.3, -0.25) is 4.79 Å². The average molecular weight is 327 g/mol. The largest absolute Gasteiger partial charge is 0.543 e. The van der Waals surface area contributed by atoms with Gasteiger partial charge in [-0.1, -0.05) is 24.3 Å². The minimum atomic E-state index is -1.49. The van der Waals surface area contributed by atoms with Crippen LogP contribution in [-0.4, -0.2) is 22.9 Å². The zero-order valence-electron chi connectivity index (χ0n) is 12.7. The normalized spacial score (nSPS) is 10.8. The van der Waals surface area contributed by atoms with Crippen LogP contribution in [0.25, 0.3) is 10.8 Å². The van der Waals surface area contributed by atoms with Gasteiger partial charge in [0.15, 0.2) is 11.6 Å². The quantitative estimate of drug-likeness (QED) is 0.712. The van der Waals surface area contributed by atoms with E-state index in [1.54, 1.807) is 18.2 Å². The van der Waals surface area contributed by atoms with Crippen LogP contribution in [0, 0.1) is 5.82 Å². The summed E-state index contributed by atoms with van der Waals surface area (Å²) in [5, 5.41) is 15.6. The van der Waals surface area contributed by atoms with Crippen molar-refractivity contribution in [1.82, 2.24) is 9.78 Å². The number of rotatable bonds is 4. The van der Waals surface area contributed by atoms with Gasteiger partial charge in [0, 0.05) is 5.39 Å². The van der Waals surface area contributed by atoms with Crippen LogP contribution in [0.5, 0.6) is 5.75 Å². The van der Waals surface area contributed by atoms with Crippen LogP contribution in [0.3, 0.4) is 0 Å². The standard InChI is InChI=1S/C17H13FN2O4/c1-24-14-7-6-10(8-13(14)18)9-20-16(21)12-5-3-2-4-11(12)15(19-20)17(22)23/h2-8H,9H2,1H3,(H,22,23)/p-1. The van der Waals surface area contributed by atoms with Crippen molar-refractivity contribution in [1.29, 1.82) is 0 Å². The fourth-order valence-electron chi connectivity index (χ4n) is 2.47. The molecule has 122 valence electrons. The van der Waals surface area contributed by atoms with Gasteiger partial charge in [0.2, 0.25) is 0 Å². The molecule has 0 aliphatic carbocycles. The maximum atomic E-state index is 13.8. The molecule has 3 aromatic rings. The molecule has 0 N–H and O–H groups in total. The van der Waals surface area contributed by atoms with Gasteiger partial charge in [-0.25, -0.2) is 9.07 Å². The number of benzene rings is 2. The van der Waals surface area contributed by atoms with Crippen molar-refractivity contribution in [3.8, 4) is 5.75 Å². The third-order valence-corrected chi connectivity index (χ3v) is 3.61. The lowest BCUT2D eigenvalue weighted by atomic mass is 10.1. The molecular weight excluding hydrogens is 315 g/mol. The number of ether oxygens (including phenoxy) is 1. The Labute approximate surface area is 135 Å². The number of fused-ring (bicyclic) bond motifs is 1. The van der Waals surface area contributed by atoms with Gasteiger partial charge >= 0.3 is 0 Å². The molecule has 0 aliphatic rings. The van der Waals surface area contributed by atoms with Gasteiger partial charge < -0.3 is 14.6 Å². The predicted octanol–water partition coefficient (Wildman–Crippen LogP) is 0.956. The van der Waals surface area contributed by atoms with Gasteiger partial charge in [-0.05, 0) is 23.8 Å². The summed E-state index contributed by atoms with van der Waals surface area (Å²) in [7, 11) is 1.35. The highest BCUT2D eigenvalue weighted by molar-refractivity contribution is 6.00. The Bertz CT molecular complexity index is 998. The van der Waals surface area contributed by atoms with Crippen LogP contribution in [0.2, 0.25) is 0 Å². The molecule has 1 aromatic heterocycles. The maximum Gasteiger partial charge on any atom is 0.274 e. The molecule has 24 heavy (non-hydrogen) atoms. The van der Waals surface area contributed by atoms with Crippen molar-refractivity contribution in [2.24, 2.45) is 0 Å². The highest BCUT2D eigenvalue weighted by atomic mass is 19.1. The average Bonchev–Trinajstić information content (AvgIpc) is 2.57. The maximum absolute atomic E-state index is 13.8. The van der Waals surface area contributed by atoms with E-state index in [1.165, 1.54) is 31.4 Å². The number of carboxylic acids is 1. The highest BCUT2D eigenvalue weighted by Gasteiger charge is 2.12. The lowest BCUT2D eigenvalue weighted by Crippen LogP contribution is -2.31. The lowest BCUT2D eigenvalue weighted by molar-refractivity contribution is -0.255. The number of halogens is 1. The van der Waals surface area contributed by atoms with Crippen LogP contribution >= 0.6 is 0 Å². The minimum Gasteiger partial charge on any atom is -0.543 e. The topological polar surface area (TPSA) is 84.2 Å². The molecule has 1 heterocycles. The third kappa shape index (κ3) is 2.71. The molecular formula is C17H12FN2O4-. The van der Waals surface area contributed by atoms with Crippen LogP contribution in [-0.2, 0) is 6.54 Å². The Balaban J connectivity index is 2.13. The Morgan fingerprint density at radius 3 is 2.58 bits per heavy atom. The Kier molecular flexibility index (Phi) is 3.99. The molecule has 6 nitrogen and oxygen atoms in total. The van der Waals surface area contributed by atoms with Gasteiger partial charge in [-0.15, -0.1) is 0 Å². The second kappa shape index (κ2) is 6.11. The number of methoxy groups -OCH3 is 1. The van der Waals surface area contributed by atoms with E-state index in [1.807, 2.05) is 0 Å². The van der Waals surface area contributed by atoms with Crippen LogP contribution in [0.1, 0.15) is 16.1 Å². The summed E-state index contributed by atoms with van der Waals surface area (Å²) in [5.41, 5.74) is -0.353. The number of hydrogen-bond donors (Lipinski definition) is 0. The predicted molar refractivity (Wildman–Crippen MR) is 82.4 cm³/mol. The van der Waals surface area contributed by atoms with Crippen LogP contribution < -0.4 is 15.4 Å². The number of aromatic nitrogens is 2. The second-order valence-electron chi connectivity index (χ2n) is 5.11. The van der Waals surface area contributed by atoms with Crippen molar-refractivity contribution < 1.29 is 19.0 Å². The third-order valence-electron chi connectivity index (χ3n) is 3.61. The summed E-state index contributed by atoms with van der Waals surface area (Å²) >= 11 is 0. The Morgan fingerprint density at radius 1 is 1.25 bits per heavy atom. The molecule has 0 radical (unpaired) electrons. The molecule has 0 aliphatic heterocycles. The van der Waals surface area contributed by atoms with Gasteiger partial charge in [0.05, 0.1) is 25.0 Å². The minimum absolute atomic E-state index is 0.0768. The summed E-state index contributed by atoms with van der Waals surface area (Å²) in [5.74, 6) is -1.99. The molecule has 3 rings (SSSR count). The molecule has 0 atom stereocenters. The number of carbonyl (C=O) groups excluding carboxylic acids is 1. The number of carbonyl (C=O) groups is 1. The number of carboxylic acid groups (broad SMARTS) is 1. The molecule has 7 heteroatoms. The lowest BCUT2D eigenvalue weighted by Gasteiger charge is -2.12. The Hall–Kier alpha value is -3.22. The summed E-state index contributed by atoms with van der Waals surface area (Å²) in [6, 6.07) is 10.4. The summed E-state index contributed by atoms with van der Waals surface area (Å²) in [6.45, 7) is -0.0785. The van der Waals surface area contributed by atoms with Gasteiger partial charge in [-0.2, -0.15) is 5.10 Å². The van der Waals surface area contributed by atoms with E-state index in [4.69, 9.17) is 4.74 Å². The van der Waals surface area contributed by atoms with E-state index >= 15 is 0 Å². The van der Waals surface area contributed by atoms with E-state index in [0.717, 1.165) is 4.68 Å². The van der Waals surface area contributed by atoms with E-state index in [9.17, 15) is 19.1 Å². The zero-order valence-corrected chi connectivity index (χ0v) is 12.7. The van der Waals surface area contributed by atoms with E-state index in [0.29, 0.717) is 5.56 Å². The van der Waals surface area contributed by atoms with E-state index < -0.39 is 17.3 Å². The van der Waals surface area contributed by atoms with Crippen molar-refractivity contribution in [2.45, 2.75) is 6.54 Å². The summed E-state index contributed by atoms with van der Waals surface area (Å²) < 4.78 is 19.6. The smallest absolute Gasteiger partial charge is 0.274 e. The SMILES string of the molecule is COc1ccc(Cn2nc(C(=O)[O-])c3ccccc3c2=O)cc1F. The highest BCUT2D eigenvalue weighted by Crippen LogP contribution is 2.18. The monoisotopic (exact) mass is 327 g/mol. The van der Waals surface area contributed by atoms with Crippen molar-refractivity contribution in [3.05, 3.63) is 69.9 Å². The molecule has 0 spiro atoms. The second-order valence-corrected chi connectivity index (χ2v) is 5.11. The molecule has 2 aromatic carbocycles. The molecule has 0 fully saturated rings. The van der Waals surface area contributed by atoms with Gasteiger partial charge in [0.25, 0.3) is 5.56 Å². The Morgan fingerprint density at radius 2 is 1.96 bits per heavy atom. The molecule has 0 saturated carbocycles. The first-order valence-electron chi connectivity index (χ1n) is 7.05. The van der Waals surface area contributed by atoms with Crippen molar-refractivity contribution in [3.63, 3.8) is 0 Å².